The normalized spacial score (nSPS) is 11.7. The minimum Gasteiger partial charge on any atom is -0.484 e. The van der Waals surface area contributed by atoms with E-state index in [4.69, 9.17) is 27.9 Å². The Kier molecular flexibility index (Phi) is 8.35. The number of benzene rings is 2. The van der Waals surface area contributed by atoms with Gasteiger partial charge in [-0.25, -0.2) is 0 Å². The Morgan fingerprint density at radius 3 is 2.34 bits per heavy atom. The quantitative estimate of drug-likeness (QED) is 0.660. The van der Waals surface area contributed by atoms with Crippen molar-refractivity contribution < 1.29 is 14.3 Å². The van der Waals surface area contributed by atoms with E-state index in [0.29, 0.717) is 22.3 Å². The molecule has 2 amide bonds. The molecule has 0 heterocycles. The van der Waals surface area contributed by atoms with Gasteiger partial charge >= 0.3 is 0 Å². The molecule has 0 bridgehead atoms. The van der Waals surface area contributed by atoms with Crippen molar-refractivity contribution in [3.8, 4) is 5.75 Å². The van der Waals surface area contributed by atoms with Crippen molar-refractivity contribution >= 4 is 35.0 Å². The lowest BCUT2D eigenvalue weighted by Crippen LogP contribution is -2.49. The number of nitrogens with one attached hydrogen (secondary N) is 1. The van der Waals surface area contributed by atoms with Gasteiger partial charge in [-0.1, -0.05) is 41.4 Å². The van der Waals surface area contributed by atoms with E-state index >= 15 is 0 Å². The van der Waals surface area contributed by atoms with Crippen LogP contribution in [0.15, 0.2) is 36.4 Å². The van der Waals surface area contributed by atoms with Crippen molar-refractivity contribution in [2.45, 2.75) is 40.3 Å². The van der Waals surface area contributed by atoms with Crippen molar-refractivity contribution in [1.82, 2.24) is 10.2 Å². The number of hydrogen-bond acceptors (Lipinski definition) is 3. The maximum absolute atomic E-state index is 13.0. The first-order valence-corrected chi connectivity index (χ1v) is 10.2. The summed E-state index contributed by atoms with van der Waals surface area (Å²) >= 11 is 12.4. The average molecular weight is 437 g/mol. The number of hydrogen-bond donors (Lipinski definition) is 1. The first-order chi connectivity index (χ1) is 13.7. The van der Waals surface area contributed by atoms with Crippen LogP contribution in [0.25, 0.3) is 0 Å². The minimum absolute atomic E-state index is 0.200. The van der Waals surface area contributed by atoms with Gasteiger partial charge < -0.3 is 15.0 Å². The highest BCUT2D eigenvalue weighted by Gasteiger charge is 2.26. The number of ether oxygens (including phenoxy) is 1. The Bertz CT molecular complexity index is 863. The molecule has 0 fully saturated rings. The molecule has 0 aliphatic heterocycles. The zero-order chi connectivity index (χ0) is 21.6. The maximum Gasteiger partial charge on any atom is 0.261 e. The third-order valence-corrected chi connectivity index (χ3v) is 5.55. The van der Waals surface area contributed by atoms with Gasteiger partial charge in [0, 0.05) is 23.1 Å². The molecule has 0 aromatic heterocycles. The van der Waals surface area contributed by atoms with E-state index in [1.54, 1.807) is 25.1 Å². The fourth-order valence-corrected chi connectivity index (χ4v) is 3.24. The molecule has 0 saturated carbocycles. The Labute approximate surface area is 181 Å². The maximum atomic E-state index is 13.0. The third kappa shape index (κ3) is 6.12. The topological polar surface area (TPSA) is 58.6 Å². The molecular weight excluding hydrogens is 411 g/mol. The molecule has 0 saturated heterocycles. The molecule has 2 aromatic rings. The predicted octanol–water partition coefficient (Wildman–Crippen LogP) is 4.54. The van der Waals surface area contributed by atoms with Crippen molar-refractivity contribution in [2.75, 3.05) is 13.2 Å². The highest BCUT2D eigenvalue weighted by atomic mass is 35.5. The van der Waals surface area contributed by atoms with Crippen LogP contribution >= 0.6 is 23.2 Å². The fourth-order valence-electron chi connectivity index (χ4n) is 2.93. The Balaban J connectivity index is 2.19. The SMILES string of the molecule is CCNC(=O)[C@H](C)N(Cc1ccccc1Cl)C(=O)COc1cc(C)c(Cl)c(C)c1. The first kappa shape index (κ1) is 23.0. The van der Waals surface area contributed by atoms with Gasteiger partial charge in [0.1, 0.15) is 11.8 Å². The summed E-state index contributed by atoms with van der Waals surface area (Å²) in [5.74, 6) is 0.0149. The second kappa shape index (κ2) is 10.5. The zero-order valence-electron chi connectivity index (χ0n) is 17.1. The van der Waals surface area contributed by atoms with Crippen LogP contribution in [0.1, 0.15) is 30.5 Å². The Hall–Kier alpha value is -2.24. The van der Waals surface area contributed by atoms with Gasteiger partial charge in [-0.15, -0.1) is 0 Å². The Morgan fingerprint density at radius 1 is 1.14 bits per heavy atom. The lowest BCUT2D eigenvalue weighted by molar-refractivity contribution is -0.142. The highest BCUT2D eigenvalue weighted by molar-refractivity contribution is 6.32. The molecule has 0 unspecified atom stereocenters. The summed E-state index contributed by atoms with van der Waals surface area (Å²) < 4.78 is 5.71. The van der Waals surface area contributed by atoms with Crippen LogP contribution in [0.2, 0.25) is 10.0 Å². The number of amides is 2. The number of carbonyl (C=O) groups is 2. The van der Waals surface area contributed by atoms with Crippen LogP contribution in [0.4, 0.5) is 0 Å². The van der Waals surface area contributed by atoms with E-state index in [1.807, 2.05) is 39.0 Å². The van der Waals surface area contributed by atoms with Crippen LogP contribution in [0, 0.1) is 13.8 Å². The first-order valence-electron chi connectivity index (χ1n) is 9.44. The van der Waals surface area contributed by atoms with E-state index in [9.17, 15) is 9.59 Å². The van der Waals surface area contributed by atoms with E-state index in [1.165, 1.54) is 4.90 Å². The fraction of sp³-hybridized carbons (Fsp3) is 0.364. The van der Waals surface area contributed by atoms with Gasteiger partial charge in [0.15, 0.2) is 6.61 Å². The number of aryl methyl sites for hydroxylation is 2. The van der Waals surface area contributed by atoms with Crippen LogP contribution in [0.5, 0.6) is 5.75 Å². The minimum atomic E-state index is -0.670. The van der Waals surface area contributed by atoms with Crippen LogP contribution < -0.4 is 10.1 Å². The second-order valence-corrected chi connectivity index (χ2v) is 7.63. The average Bonchev–Trinajstić information content (AvgIpc) is 2.69. The summed E-state index contributed by atoms with van der Waals surface area (Å²) in [5.41, 5.74) is 2.51. The van der Waals surface area contributed by atoms with E-state index < -0.39 is 6.04 Å². The number of carbonyl (C=O) groups excluding carboxylic acids is 2. The van der Waals surface area contributed by atoms with Crippen molar-refractivity contribution in [2.24, 2.45) is 0 Å². The second-order valence-electron chi connectivity index (χ2n) is 6.84. The molecule has 2 aromatic carbocycles. The number of halogens is 2. The lowest BCUT2D eigenvalue weighted by Gasteiger charge is -2.29. The standard InChI is InChI=1S/C22H26Cl2N2O3/c1-5-25-22(28)16(4)26(12-17-8-6-7-9-19(17)23)20(27)13-29-18-10-14(2)21(24)15(3)11-18/h6-11,16H,5,12-13H2,1-4H3,(H,25,28)/t16-/m0/s1. The molecule has 29 heavy (non-hydrogen) atoms. The molecular formula is C22H26Cl2N2O3. The van der Waals surface area contributed by atoms with Crippen LogP contribution in [0.3, 0.4) is 0 Å². The molecule has 0 aliphatic carbocycles. The molecule has 156 valence electrons. The smallest absolute Gasteiger partial charge is 0.261 e. The molecule has 1 atom stereocenters. The van der Waals surface area contributed by atoms with Gasteiger partial charge in [-0.2, -0.15) is 0 Å². The van der Waals surface area contributed by atoms with Crippen LogP contribution in [-0.2, 0) is 16.1 Å². The van der Waals surface area contributed by atoms with Crippen molar-refractivity contribution in [1.29, 1.82) is 0 Å². The zero-order valence-corrected chi connectivity index (χ0v) is 18.6. The number of likely N-dealkylation sites (N-methyl/N-ethyl adjacent to an activating group) is 1. The van der Waals surface area contributed by atoms with E-state index in [2.05, 4.69) is 5.32 Å². The summed E-state index contributed by atoms with van der Waals surface area (Å²) in [7, 11) is 0. The summed E-state index contributed by atoms with van der Waals surface area (Å²) in [6, 6.07) is 10.2. The summed E-state index contributed by atoms with van der Waals surface area (Å²) in [4.78, 5) is 26.8. The van der Waals surface area contributed by atoms with Gasteiger partial charge in [-0.05, 0) is 62.6 Å². The predicted molar refractivity (Wildman–Crippen MR) is 117 cm³/mol. The van der Waals surface area contributed by atoms with Gasteiger partial charge in [0.25, 0.3) is 5.91 Å². The summed E-state index contributed by atoms with van der Waals surface area (Å²) in [6.07, 6.45) is 0. The van der Waals surface area contributed by atoms with Gasteiger partial charge in [0.05, 0.1) is 0 Å². The number of rotatable bonds is 8. The third-order valence-electron chi connectivity index (χ3n) is 4.59. The largest absolute Gasteiger partial charge is 0.484 e. The van der Waals surface area contributed by atoms with Crippen molar-refractivity contribution in [3.63, 3.8) is 0 Å². The molecule has 1 N–H and O–H groups in total. The molecule has 0 radical (unpaired) electrons. The molecule has 7 heteroatoms. The van der Waals surface area contributed by atoms with Crippen molar-refractivity contribution in [3.05, 3.63) is 63.1 Å². The monoisotopic (exact) mass is 436 g/mol. The molecule has 0 aliphatic rings. The Morgan fingerprint density at radius 2 is 1.76 bits per heavy atom. The van der Waals surface area contributed by atoms with E-state index in [0.717, 1.165) is 16.7 Å². The number of nitrogens with zero attached hydrogens (tertiary/aromatic N) is 1. The highest BCUT2D eigenvalue weighted by Crippen LogP contribution is 2.26. The van der Waals surface area contributed by atoms with Crippen LogP contribution in [-0.4, -0.2) is 35.9 Å². The van der Waals surface area contributed by atoms with Gasteiger partial charge in [-0.3, -0.25) is 9.59 Å². The lowest BCUT2D eigenvalue weighted by atomic mass is 10.1. The molecule has 0 spiro atoms. The molecule has 2 rings (SSSR count). The molecule has 5 nitrogen and oxygen atoms in total. The van der Waals surface area contributed by atoms with Gasteiger partial charge in [0.2, 0.25) is 5.91 Å². The summed E-state index contributed by atoms with van der Waals surface area (Å²) in [6.45, 7) is 7.77. The summed E-state index contributed by atoms with van der Waals surface area (Å²) in [5, 5.41) is 3.97. The van der Waals surface area contributed by atoms with E-state index in [-0.39, 0.29) is 25.0 Å².